The number of urea groups is 1. The Morgan fingerprint density at radius 1 is 1.19 bits per heavy atom. The summed E-state index contributed by atoms with van der Waals surface area (Å²) in [5.41, 5.74) is 2.90. The number of amides is 2. The Hall–Kier alpha value is -3.38. The number of rotatable bonds is 9. The molecule has 3 aromatic rings. The second-order valence-corrected chi connectivity index (χ2v) is 9.19. The van der Waals surface area contributed by atoms with Crippen molar-refractivity contribution in [3.8, 4) is 5.69 Å². The summed E-state index contributed by atoms with van der Waals surface area (Å²) in [5, 5.41) is 12.3. The van der Waals surface area contributed by atoms with Crippen molar-refractivity contribution in [3.05, 3.63) is 77.0 Å². The van der Waals surface area contributed by atoms with Gasteiger partial charge in [0.2, 0.25) is 0 Å². The zero-order valence-electron chi connectivity index (χ0n) is 21.4. The number of benzene rings is 2. The highest BCUT2D eigenvalue weighted by Gasteiger charge is 2.37. The summed E-state index contributed by atoms with van der Waals surface area (Å²) >= 11 is 0. The Balaban J connectivity index is 1.57. The third-order valence-electron chi connectivity index (χ3n) is 6.08. The monoisotopic (exact) mass is 514 g/mol. The van der Waals surface area contributed by atoms with Crippen LogP contribution in [-0.4, -0.2) is 72.7 Å². The van der Waals surface area contributed by atoms with Gasteiger partial charge in [0.05, 0.1) is 24.0 Å². The minimum atomic E-state index is -0.976. The SMILES string of the molecule is COCCN1C[C@@H](NC(=O)Nc2c(C)c(CN(C)C)nn2-c2ccccc2)[C@H](c2ccc(F)c(F)c2)O1. The number of nitrogens with zero attached hydrogens (tertiary/aromatic N) is 4. The highest BCUT2D eigenvalue weighted by Crippen LogP contribution is 2.31. The Labute approximate surface area is 214 Å². The molecule has 0 unspecified atom stereocenters. The molecule has 2 aromatic carbocycles. The van der Waals surface area contributed by atoms with Gasteiger partial charge < -0.3 is 15.0 Å². The van der Waals surface area contributed by atoms with Gasteiger partial charge in [-0.05, 0) is 50.8 Å². The van der Waals surface area contributed by atoms with E-state index in [1.54, 1.807) is 16.9 Å². The number of carbonyl (C=O) groups is 1. The highest BCUT2D eigenvalue weighted by atomic mass is 19.2. The maximum absolute atomic E-state index is 14.0. The van der Waals surface area contributed by atoms with Gasteiger partial charge >= 0.3 is 6.03 Å². The van der Waals surface area contributed by atoms with Crippen LogP contribution >= 0.6 is 0 Å². The fourth-order valence-corrected chi connectivity index (χ4v) is 4.24. The van der Waals surface area contributed by atoms with Crippen LogP contribution in [0.25, 0.3) is 5.69 Å². The Bertz CT molecular complexity index is 1220. The van der Waals surface area contributed by atoms with E-state index in [-0.39, 0.29) is 0 Å². The van der Waals surface area contributed by atoms with Crippen LogP contribution in [0.4, 0.5) is 19.4 Å². The van der Waals surface area contributed by atoms with Gasteiger partial charge in [0.15, 0.2) is 11.6 Å². The van der Waals surface area contributed by atoms with E-state index in [1.807, 2.05) is 56.3 Å². The van der Waals surface area contributed by atoms with E-state index in [2.05, 4.69) is 10.6 Å². The number of carbonyl (C=O) groups excluding carboxylic acids is 1. The van der Waals surface area contributed by atoms with E-state index >= 15 is 0 Å². The maximum Gasteiger partial charge on any atom is 0.320 e. The van der Waals surface area contributed by atoms with Gasteiger partial charge in [-0.1, -0.05) is 24.3 Å². The van der Waals surface area contributed by atoms with Crippen molar-refractivity contribution < 1.29 is 23.1 Å². The molecule has 1 saturated heterocycles. The third kappa shape index (κ3) is 6.31. The van der Waals surface area contributed by atoms with Crippen molar-refractivity contribution in [3.63, 3.8) is 0 Å². The second-order valence-electron chi connectivity index (χ2n) is 9.19. The summed E-state index contributed by atoms with van der Waals surface area (Å²) in [6.07, 6.45) is -0.706. The largest absolute Gasteiger partial charge is 0.383 e. The molecule has 198 valence electrons. The number of anilines is 1. The lowest BCUT2D eigenvalue weighted by Gasteiger charge is -2.20. The van der Waals surface area contributed by atoms with Gasteiger partial charge in [0.25, 0.3) is 0 Å². The normalized spacial score (nSPS) is 17.9. The summed E-state index contributed by atoms with van der Waals surface area (Å²) in [4.78, 5) is 21.2. The molecule has 1 aromatic heterocycles. The molecule has 2 atom stereocenters. The number of nitrogens with one attached hydrogen (secondary N) is 2. The standard InChI is InChI=1S/C26H32F2N6O3/c1-17-22(15-32(2)3)31-34(19-8-6-5-7-9-19)25(17)30-26(35)29-23-16-33(12-13-36-4)37-24(23)18-10-11-20(27)21(28)14-18/h5-11,14,23-24H,12-13,15-16H2,1-4H3,(H2,29,30,35)/t23-,24+/m1/s1. The first-order chi connectivity index (χ1) is 17.8. The van der Waals surface area contributed by atoms with Crippen molar-refractivity contribution in [2.75, 3.05) is 46.2 Å². The first kappa shape index (κ1) is 26.7. The van der Waals surface area contributed by atoms with E-state index in [9.17, 15) is 13.6 Å². The molecule has 0 radical (unpaired) electrons. The number of hydroxylamine groups is 2. The van der Waals surface area contributed by atoms with Gasteiger partial charge in [-0.25, -0.2) is 18.3 Å². The van der Waals surface area contributed by atoms with Crippen LogP contribution in [-0.2, 0) is 16.1 Å². The molecule has 2 N–H and O–H groups in total. The summed E-state index contributed by atoms with van der Waals surface area (Å²) in [6, 6.07) is 12.1. The summed E-state index contributed by atoms with van der Waals surface area (Å²) in [5.74, 6) is -1.38. The van der Waals surface area contributed by atoms with Crippen molar-refractivity contribution in [1.29, 1.82) is 0 Å². The van der Waals surface area contributed by atoms with Gasteiger partial charge in [-0.15, -0.1) is 0 Å². The van der Waals surface area contributed by atoms with E-state index in [4.69, 9.17) is 14.7 Å². The zero-order chi connectivity index (χ0) is 26.5. The van der Waals surface area contributed by atoms with Gasteiger partial charge in [0.1, 0.15) is 11.9 Å². The van der Waals surface area contributed by atoms with E-state index in [0.717, 1.165) is 29.1 Å². The molecule has 1 aliphatic heterocycles. The van der Waals surface area contributed by atoms with Gasteiger partial charge in [-0.2, -0.15) is 10.2 Å². The molecule has 37 heavy (non-hydrogen) atoms. The predicted molar refractivity (Wildman–Crippen MR) is 135 cm³/mol. The number of halogens is 2. The number of aromatic nitrogens is 2. The number of para-hydroxylation sites is 1. The highest BCUT2D eigenvalue weighted by molar-refractivity contribution is 5.90. The van der Waals surface area contributed by atoms with Crippen LogP contribution in [0.3, 0.4) is 0 Å². The summed E-state index contributed by atoms with van der Waals surface area (Å²) < 4.78 is 34.4. The van der Waals surface area contributed by atoms with Crippen LogP contribution in [0.2, 0.25) is 0 Å². The molecular weight excluding hydrogens is 482 g/mol. The average molecular weight is 515 g/mol. The summed E-state index contributed by atoms with van der Waals surface area (Å²) in [6.45, 7) is 3.71. The van der Waals surface area contributed by atoms with E-state index in [0.29, 0.717) is 37.6 Å². The Kier molecular flexibility index (Phi) is 8.49. The van der Waals surface area contributed by atoms with E-state index in [1.165, 1.54) is 6.07 Å². The average Bonchev–Trinajstić information content (AvgIpc) is 3.40. The number of hydrogen-bond acceptors (Lipinski definition) is 6. The molecule has 1 fully saturated rings. The molecule has 4 rings (SSSR count). The van der Waals surface area contributed by atoms with Crippen molar-refractivity contribution in [2.45, 2.75) is 25.6 Å². The minimum absolute atomic E-state index is 0.337. The zero-order valence-corrected chi connectivity index (χ0v) is 21.4. The predicted octanol–water partition coefficient (Wildman–Crippen LogP) is 3.65. The first-order valence-electron chi connectivity index (χ1n) is 12.0. The van der Waals surface area contributed by atoms with Crippen LogP contribution in [0.5, 0.6) is 0 Å². The van der Waals surface area contributed by atoms with Crippen LogP contribution < -0.4 is 10.6 Å². The quantitative estimate of drug-likeness (QED) is 0.454. The molecular formula is C26H32F2N6O3. The fourth-order valence-electron chi connectivity index (χ4n) is 4.24. The van der Waals surface area contributed by atoms with Gasteiger partial charge in [0, 0.05) is 32.3 Å². The lowest BCUT2D eigenvalue weighted by molar-refractivity contribution is -0.154. The molecule has 9 nitrogen and oxygen atoms in total. The molecule has 0 bridgehead atoms. The lowest BCUT2D eigenvalue weighted by Crippen LogP contribution is -2.42. The van der Waals surface area contributed by atoms with Crippen molar-refractivity contribution >= 4 is 11.8 Å². The number of hydrogen-bond donors (Lipinski definition) is 2. The maximum atomic E-state index is 14.0. The van der Waals surface area contributed by atoms with Crippen molar-refractivity contribution in [2.24, 2.45) is 0 Å². The molecule has 2 heterocycles. The minimum Gasteiger partial charge on any atom is -0.383 e. The number of methoxy groups -OCH3 is 1. The van der Waals surface area contributed by atoms with Crippen molar-refractivity contribution in [1.82, 2.24) is 25.1 Å². The molecule has 0 saturated carbocycles. The molecule has 0 aliphatic carbocycles. The molecule has 11 heteroatoms. The fraction of sp³-hybridized carbons (Fsp3) is 0.385. The van der Waals surface area contributed by atoms with Crippen LogP contribution in [0, 0.1) is 18.6 Å². The molecule has 0 spiro atoms. The van der Waals surface area contributed by atoms with Gasteiger partial charge in [-0.3, -0.25) is 10.2 Å². The summed E-state index contributed by atoms with van der Waals surface area (Å²) in [7, 11) is 5.48. The third-order valence-corrected chi connectivity index (χ3v) is 6.08. The Morgan fingerprint density at radius 2 is 1.95 bits per heavy atom. The smallest absolute Gasteiger partial charge is 0.320 e. The van der Waals surface area contributed by atoms with E-state index < -0.39 is 29.8 Å². The first-order valence-corrected chi connectivity index (χ1v) is 12.0. The number of ether oxygens (including phenoxy) is 1. The van der Waals surface area contributed by atoms with Crippen LogP contribution in [0.1, 0.15) is 22.9 Å². The Morgan fingerprint density at radius 3 is 2.62 bits per heavy atom. The molecule has 1 aliphatic rings. The van der Waals surface area contributed by atoms with Crippen LogP contribution in [0.15, 0.2) is 48.5 Å². The topological polar surface area (TPSA) is 83.9 Å². The molecule has 2 amide bonds. The lowest BCUT2D eigenvalue weighted by atomic mass is 10.0. The second kappa shape index (κ2) is 11.8.